The highest BCUT2D eigenvalue weighted by Crippen LogP contribution is 2.17. The molecule has 0 aromatic heterocycles. The average molecular weight is 467 g/mol. The zero-order valence-corrected chi connectivity index (χ0v) is 19.8. The highest BCUT2D eigenvalue weighted by Gasteiger charge is 2.23. The Balaban J connectivity index is 1.17. The molecule has 1 unspecified atom stereocenters. The van der Waals surface area contributed by atoms with E-state index in [-0.39, 0.29) is 23.6 Å². The van der Waals surface area contributed by atoms with E-state index >= 15 is 0 Å². The van der Waals surface area contributed by atoms with Crippen LogP contribution in [0.5, 0.6) is 11.5 Å². The number of benzene rings is 2. The fourth-order valence-corrected chi connectivity index (χ4v) is 4.55. The molecule has 2 aliphatic heterocycles. The van der Waals surface area contributed by atoms with E-state index in [9.17, 15) is 14.7 Å². The number of hydrogen-bond donors (Lipinski definition) is 2. The monoisotopic (exact) mass is 466 g/mol. The van der Waals surface area contributed by atoms with Gasteiger partial charge in [0.25, 0.3) is 5.91 Å². The van der Waals surface area contributed by atoms with Crippen LogP contribution in [-0.2, 0) is 11.3 Å². The van der Waals surface area contributed by atoms with Crippen LogP contribution in [-0.4, -0.2) is 90.6 Å². The van der Waals surface area contributed by atoms with Crippen LogP contribution in [0.2, 0.25) is 0 Å². The quantitative estimate of drug-likeness (QED) is 0.588. The maximum atomic E-state index is 12.6. The Hall–Kier alpha value is -3.10. The van der Waals surface area contributed by atoms with Crippen molar-refractivity contribution in [1.29, 1.82) is 0 Å². The van der Waals surface area contributed by atoms with Gasteiger partial charge in [-0.05, 0) is 55.4 Å². The van der Waals surface area contributed by atoms with Gasteiger partial charge < -0.3 is 25.0 Å². The van der Waals surface area contributed by atoms with E-state index in [0.717, 1.165) is 44.9 Å². The number of carbonyl (C=O) groups excluding carboxylic acids is 2. The minimum absolute atomic E-state index is 0.00740. The topological polar surface area (TPSA) is 85.3 Å². The Kier molecular flexibility index (Phi) is 8.03. The van der Waals surface area contributed by atoms with Crippen molar-refractivity contribution < 1.29 is 19.4 Å². The highest BCUT2D eigenvalue weighted by molar-refractivity contribution is 5.94. The van der Waals surface area contributed by atoms with Gasteiger partial charge in [-0.25, -0.2) is 0 Å². The number of carbonyl (C=O) groups is 2. The second kappa shape index (κ2) is 11.4. The summed E-state index contributed by atoms with van der Waals surface area (Å²) in [6, 6.07) is 14.8. The minimum atomic E-state index is 0.00740. The summed E-state index contributed by atoms with van der Waals surface area (Å²) in [7, 11) is 2.07. The molecule has 2 aromatic rings. The summed E-state index contributed by atoms with van der Waals surface area (Å²) >= 11 is 0. The number of nitrogens with one attached hydrogen (secondary N) is 1. The normalized spacial score (nSPS) is 18.8. The third-order valence-corrected chi connectivity index (χ3v) is 6.42. The summed E-state index contributed by atoms with van der Waals surface area (Å²) in [5.74, 6) is 1.19. The lowest BCUT2D eigenvalue weighted by molar-refractivity contribution is -0.119. The molecular weight excluding hydrogens is 432 g/mol. The molecule has 4 rings (SSSR count). The smallest absolute Gasteiger partial charge is 0.253 e. The van der Waals surface area contributed by atoms with E-state index in [1.165, 1.54) is 5.56 Å². The first kappa shape index (κ1) is 24.0. The summed E-state index contributed by atoms with van der Waals surface area (Å²) in [5, 5.41) is 12.4. The van der Waals surface area contributed by atoms with Gasteiger partial charge in [0.15, 0.2) is 0 Å². The van der Waals surface area contributed by atoms with Gasteiger partial charge in [0.05, 0.1) is 0 Å². The van der Waals surface area contributed by atoms with Crippen LogP contribution in [0.25, 0.3) is 0 Å². The van der Waals surface area contributed by atoms with Crippen molar-refractivity contribution in [3.8, 4) is 11.5 Å². The molecule has 0 saturated carbocycles. The lowest BCUT2D eigenvalue weighted by Gasteiger charge is -2.34. The van der Waals surface area contributed by atoms with Gasteiger partial charge in [0.1, 0.15) is 18.1 Å². The van der Waals surface area contributed by atoms with E-state index in [1.54, 1.807) is 24.3 Å². The highest BCUT2D eigenvalue weighted by atomic mass is 16.5. The third-order valence-electron chi connectivity index (χ3n) is 6.42. The summed E-state index contributed by atoms with van der Waals surface area (Å²) in [6.45, 7) is 6.06. The molecule has 0 spiro atoms. The Labute approximate surface area is 201 Å². The van der Waals surface area contributed by atoms with Crippen molar-refractivity contribution in [1.82, 2.24) is 20.0 Å². The maximum Gasteiger partial charge on any atom is 0.253 e. The summed E-state index contributed by atoms with van der Waals surface area (Å²) in [5.41, 5.74) is 1.79. The maximum absolute atomic E-state index is 12.6. The van der Waals surface area contributed by atoms with E-state index in [4.69, 9.17) is 4.74 Å². The van der Waals surface area contributed by atoms with Crippen molar-refractivity contribution in [3.05, 3.63) is 59.7 Å². The number of aromatic hydroxyl groups is 1. The van der Waals surface area contributed by atoms with Crippen LogP contribution < -0.4 is 10.1 Å². The van der Waals surface area contributed by atoms with Crippen molar-refractivity contribution in [3.63, 3.8) is 0 Å². The Morgan fingerprint density at radius 1 is 1.15 bits per heavy atom. The number of likely N-dealkylation sites (N-methyl/N-ethyl adjacent to an activating group) is 1. The molecule has 2 fully saturated rings. The minimum Gasteiger partial charge on any atom is -0.508 e. The molecule has 182 valence electrons. The predicted molar refractivity (Wildman–Crippen MR) is 130 cm³/mol. The molecule has 8 heteroatoms. The summed E-state index contributed by atoms with van der Waals surface area (Å²) in [4.78, 5) is 30.4. The number of nitrogens with zero attached hydrogens (tertiary/aromatic N) is 3. The van der Waals surface area contributed by atoms with Gasteiger partial charge >= 0.3 is 0 Å². The molecule has 1 atom stereocenters. The van der Waals surface area contributed by atoms with E-state index < -0.39 is 0 Å². The Bertz CT molecular complexity index is 973. The molecule has 0 aliphatic carbocycles. The second-order valence-electron chi connectivity index (χ2n) is 9.18. The van der Waals surface area contributed by atoms with E-state index in [2.05, 4.69) is 34.3 Å². The second-order valence-corrected chi connectivity index (χ2v) is 9.18. The van der Waals surface area contributed by atoms with Crippen LogP contribution in [0.15, 0.2) is 48.5 Å². The fraction of sp³-hybridized carbons (Fsp3) is 0.462. The lowest BCUT2D eigenvalue weighted by Crippen LogP contribution is -2.49. The Morgan fingerprint density at radius 3 is 2.62 bits per heavy atom. The third kappa shape index (κ3) is 6.71. The van der Waals surface area contributed by atoms with Gasteiger partial charge in [0.2, 0.25) is 5.91 Å². The summed E-state index contributed by atoms with van der Waals surface area (Å²) < 4.78 is 6.01. The zero-order valence-electron chi connectivity index (χ0n) is 19.8. The molecule has 34 heavy (non-hydrogen) atoms. The van der Waals surface area contributed by atoms with Crippen molar-refractivity contribution in [2.75, 3.05) is 52.9 Å². The fourth-order valence-electron chi connectivity index (χ4n) is 4.55. The zero-order chi connectivity index (χ0) is 23.9. The van der Waals surface area contributed by atoms with Crippen LogP contribution in [0, 0.1) is 0 Å². The molecule has 2 aliphatic rings. The van der Waals surface area contributed by atoms with Gasteiger partial charge in [-0.1, -0.05) is 12.1 Å². The van der Waals surface area contributed by atoms with Crippen molar-refractivity contribution in [2.45, 2.75) is 25.4 Å². The Morgan fingerprint density at radius 2 is 1.91 bits per heavy atom. The number of phenolic OH excluding ortho intramolecular Hbond substituents is 1. The molecule has 2 amide bonds. The van der Waals surface area contributed by atoms with E-state index in [1.807, 2.05) is 17.0 Å². The van der Waals surface area contributed by atoms with Crippen molar-refractivity contribution in [2.24, 2.45) is 0 Å². The molecule has 2 aromatic carbocycles. The van der Waals surface area contributed by atoms with Crippen LogP contribution >= 0.6 is 0 Å². The number of amides is 2. The first-order chi connectivity index (χ1) is 16.5. The van der Waals surface area contributed by atoms with Gasteiger partial charge in [-0.15, -0.1) is 0 Å². The number of piperazine rings is 1. The number of ether oxygens (including phenoxy) is 1. The summed E-state index contributed by atoms with van der Waals surface area (Å²) in [6.07, 6.45) is 1.54. The van der Waals surface area contributed by atoms with Gasteiger partial charge in [0, 0.05) is 63.8 Å². The number of phenols is 1. The first-order valence-corrected chi connectivity index (χ1v) is 12.0. The van der Waals surface area contributed by atoms with Gasteiger partial charge in [-0.2, -0.15) is 0 Å². The molecule has 0 radical (unpaired) electrons. The molecule has 2 N–H and O–H groups in total. The largest absolute Gasteiger partial charge is 0.508 e. The molecule has 0 bridgehead atoms. The van der Waals surface area contributed by atoms with E-state index in [0.29, 0.717) is 31.7 Å². The van der Waals surface area contributed by atoms with Crippen molar-refractivity contribution >= 4 is 11.8 Å². The molecule has 2 heterocycles. The van der Waals surface area contributed by atoms with Crippen LogP contribution in [0.1, 0.15) is 28.8 Å². The number of rotatable bonds is 9. The lowest BCUT2D eigenvalue weighted by atomic mass is 10.1. The SMILES string of the molecule is CN(Cc1cccc(OCCN2CCN(C(=O)c3ccc(O)cc3)CC2)c1)CC1CCC(=O)N1. The standard InChI is InChI=1S/C26H34N4O4/c1-28(19-22-7-10-25(32)27-22)18-20-3-2-4-24(17-20)34-16-15-29-11-13-30(14-12-29)26(33)21-5-8-23(31)9-6-21/h2-6,8-9,17,22,31H,7,10-16,18-19H2,1H3,(H,27,32). The first-order valence-electron chi connectivity index (χ1n) is 12.0. The molecular formula is C26H34N4O4. The average Bonchev–Trinajstić information content (AvgIpc) is 3.24. The van der Waals surface area contributed by atoms with Crippen LogP contribution in [0.4, 0.5) is 0 Å². The molecule has 2 saturated heterocycles. The van der Waals surface area contributed by atoms with Crippen LogP contribution in [0.3, 0.4) is 0 Å². The van der Waals surface area contributed by atoms with Gasteiger partial charge in [-0.3, -0.25) is 14.5 Å². The predicted octanol–water partition coefficient (Wildman–Crippen LogP) is 1.94. The number of hydrogen-bond acceptors (Lipinski definition) is 6. The molecule has 8 nitrogen and oxygen atoms in total.